The Balaban J connectivity index is 1.63. The Labute approximate surface area is 133 Å². The molecule has 6 heteroatoms. The van der Waals surface area contributed by atoms with Gasteiger partial charge in [-0.1, -0.05) is 6.07 Å². The largest absolute Gasteiger partial charge is 0.362 e. The molecule has 1 aliphatic rings. The van der Waals surface area contributed by atoms with Crippen LogP contribution in [0.3, 0.4) is 0 Å². The molecule has 0 bridgehead atoms. The molecule has 2 aromatic heterocycles. The molecule has 1 aliphatic heterocycles. The van der Waals surface area contributed by atoms with Crippen molar-refractivity contribution >= 4 is 5.69 Å². The van der Waals surface area contributed by atoms with E-state index in [9.17, 15) is 4.39 Å². The predicted molar refractivity (Wildman–Crippen MR) is 85.4 cm³/mol. The standard InChI is InChI=1S/C17H16FN5/c1-12-8-13(18)10-14(9-12)22-6-7-23-16(11-22)20-17(21-23)15-4-2-3-5-19-15/h2-5,8-10H,6-7,11H2,1H3. The van der Waals surface area contributed by atoms with Crippen LogP contribution in [-0.4, -0.2) is 26.3 Å². The zero-order valence-electron chi connectivity index (χ0n) is 12.8. The number of pyridine rings is 1. The number of anilines is 1. The molecule has 0 radical (unpaired) electrons. The summed E-state index contributed by atoms with van der Waals surface area (Å²) in [6, 6.07) is 10.8. The lowest BCUT2D eigenvalue weighted by molar-refractivity contribution is 0.512. The fraction of sp³-hybridized carbons (Fsp3) is 0.235. The summed E-state index contributed by atoms with van der Waals surface area (Å²) in [7, 11) is 0. The Morgan fingerprint density at radius 2 is 2.04 bits per heavy atom. The SMILES string of the molecule is Cc1cc(F)cc(N2CCn3nc(-c4ccccn4)nc3C2)c1. The maximum absolute atomic E-state index is 13.6. The van der Waals surface area contributed by atoms with E-state index in [4.69, 9.17) is 0 Å². The number of hydrogen-bond acceptors (Lipinski definition) is 4. The summed E-state index contributed by atoms with van der Waals surface area (Å²) >= 11 is 0. The van der Waals surface area contributed by atoms with Gasteiger partial charge in [0.2, 0.25) is 0 Å². The van der Waals surface area contributed by atoms with E-state index in [-0.39, 0.29) is 5.82 Å². The third-order valence-corrected chi connectivity index (χ3v) is 3.95. The molecule has 0 atom stereocenters. The molecule has 3 heterocycles. The summed E-state index contributed by atoms with van der Waals surface area (Å²) in [5.41, 5.74) is 2.57. The molecule has 0 N–H and O–H groups in total. The van der Waals surface area contributed by atoms with Gasteiger partial charge in [0.25, 0.3) is 0 Å². The number of nitrogens with zero attached hydrogens (tertiary/aromatic N) is 5. The zero-order chi connectivity index (χ0) is 15.8. The minimum absolute atomic E-state index is 0.207. The molecule has 0 unspecified atom stereocenters. The van der Waals surface area contributed by atoms with Crippen LogP contribution in [0.2, 0.25) is 0 Å². The molecule has 0 fully saturated rings. The van der Waals surface area contributed by atoms with Gasteiger partial charge >= 0.3 is 0 Å². The summed E-state index contributed by atoms with van der Waals surface area (Å²) in [5.74, 6) is 1.30. The fourth-order valence-electron chi connectivity index (χ4n) is 2.86. The number of benzene rings is 1. The summed E-state index contributed by atoms with van der Waals surface area (Å²) in [6.07, 6.45) is 1.73. The van der Waals surface area contributed by atoms with E-state index in [0.717, 1.165) is 35.9 Å². The maximum atomic E-state index is 13.6. The normalized spacial score (nSPS) is 13.9. The van der Waals surface area contributed by atoms with Crippen LogP contribution in [0.1, 0.15) is 11.4 Å². The second kappa shape index (κ2) is 5.46. The van der Waals surface area contributed by atoms with Crippen molar-refractivity contribution in [3.05, 3.63) is 59.8 Å². The van der Waals surface area contributed by atoms with E-state index in [1.807, 2.05) is 35.9 Å². The monoisotopic (exact) mass is 309 g/mol. The highest BCUT2D eigenvalue weighted by atomic mass is 19.1. The fourth-order valence-corrected chi connectivity index (χ4v) is 2.86. The first-order chi connectivity index (χ1) is 11.2. The van der Waals surface area contributed by atoms with E-state index in [1.165, 1.54) is 6.07 Å². The van der Waals surface area contributed by atoms with Gasteiger partial charge in [0, 0.05) is 18.4 Å². The van der Waals surface area contributed by atoms with Crippen LogP contribution in [-0.2, 0) is 13.1 Å². The van der Waals surface area contributed by atoms with Crippen LogP contribution in [0.5, 0.6) is 0 Å². The lowest BCUT2D eigenvalue weighted by Crippen LogP contribution is -2.34. The second-order valence-electron chi connectivity index (χ2n) is 5.70. The van der Waals surface area contributed by atoms with E-state index in [0.29, 0.717) is 12.4 Å². The maximum Gasteiger partial charge on any atom is 0.200 e. The van der Waals surface area contributed by atoms with Crippen molar-refractivity contribution in [2.24, 2.45) is 0 Å². The molecular formula is C17H16FN5. The highest BCUT2D eigenvalue weighted by Crippen LogP contribution is 2.23. The first kappa shape index (κ1) is 13.9. The van der Waals surface area contributed by atoms with E-state index >= 15 is 0 Å². The molecule has 0 saturated carbocycles. The third-order valence-electron chi connectivity index (χ3n) is 3.95. The molecule has 0 spiro atoms. The summed E-state index contributed by atoms with van der Waals surface area (Å²) in [4.78, 5) is 11.0. The average Bonchev–Trinajstić information content (AvgIpc) is 2.98. The molecule has 5 nitrogen and oxygen atoms in total. The lowest BCUT2D eigenvalue weighted by atomic mass is 10.2. The summed E-state index contributed by atoms with van der Waals surface area (Å²) in [6.45, 7) is 4.02. The number of rotatable bonds is 2. The molecule has 0 amide bonds. The third kappa shape index (κ3) is 2.67. The zero-order valence-corrected chi connectivity index (χ0v) is 12.8. The van der Waals surface area contributed by atoms with Gasteiger partial charge in [0.05, 0.1) is 13.1 Å². The van der Waals surface area contributed by atoms with Crippen LogP contribution >= 0.6 is 0 Å². The molecule has 3 aromatic rings. The van der Waals surface area contributed by atoms with Crippen molar-refractivity contribution < 1.29 is 4.39 Å². The molecule has 23 heavy (non-hydrogen) atoms. The number of aryl methyl sites for hydroxylation is 1. The average molecular weight is 309 g/mol. The van der Waals surface area contributed by atoms with Crippen molar-refractivity contribution in [1.29, 1.82) is 0 Å². The van der Waals surface area contributed by atoms with Crippen LogP contribution < -0.4 is 4.90 Å². The Kier molecular flexibility index (Phi) is 3.29. The van der Waals surface area contributed by atoms with Crippen LogP contribution in [0.15, 0.2) is 42.6 Å². The van der Waals surface area contributed by atoms with Gasteiger partial charge in [0.15, 0.2) is 5.82 Å². The van der Waals surface area contributed by atoms with Crippen molar-refractivity contribution in [2.45, 2.75) is 20.0 Å². The van der Waals surface area contributed by atoms with E-state index in [2.05, 4.69) is 20.0 Å². The number of halogens is 1. The molecular weight excluding hydrogens is 293 g/mol. The van der Waals surface area contributed by atoms with Gasteiger partial charge in [-0.2, -0.15) is 0 Å². The predicted octanol–water partition coefficient (Wildman–Crippen LogP) is 2.81. The minimum atomic E-state index is -0.207. The van der Waals surface area contributed by atoms with Gasteiger partial charge < -0.3 is 4.90 Å². The Bertz CT molecular complexity index is 823. The first-order valence-corrected chi connectivity index (χ1v) is 7.56. The van der Waals surface area contributed by atoms with Crippen LogP contribution in [0, 0.1) is 12.7 Å². The van der Waals surface area contributed by atoms with Crippen LogP contribution in [0.4, 0.5) is 10.1 Å². The van der Waals surface area contributed by atoms with Crippen molar-refractivity contribution in [3.63, 3.8) is 0 Å². The lowest BCUT2D eigenvalue weighted by Gasteiger charge is -2.28. The smallest absolute Gasteiger partial charge is 0.200 e. The number of aromatic nitrogens is 4. The Morgan fingerprint density at radius 1 is 1.13 bits per heavy atom. The van der Waals surface area contributed by atoms with Crippen molar-refractivity contribution in [2.75, 3.05) is 11.4 Å². The highest BCUT2D eigenvalue weighted by molar-refractivity contribution is 5.51. The van der Waals surface area contributed by atoms with Crippen LogP contribution in [0.25, 0.3) is 11.5 Å². The topological polar surface area (TPSA) is 46.8 Å². The van der Waals surface area contributed by atoms with Gasteiger partial charge in [0.1, 0.15) is 17.3 Å². The molecule has 1 aromatic carbocycles. The highest BCUT2D eigenvalue weighted by Gasteiger charge is 2.21. The van der Waals surface area contributed by atoms with Crippen molar-refractivity contribution in [1.82, 2.24) is 19.7 Å². The van der Waals surface area contributed by atoms with E-state index in [1.54, 1.807) is 12.3 Å². The number of hydrogen-bond donors (Lipinski definition) is 0. The quantitative estimate of drug-likeness (QED) is 0.730. The molecule has 0 aliphatic carbocycles. The van der Waals surface area contributed by atoms with Gasteiger partial charge in [-0.15, -0.1) is 5.10 Å². The molecule has 4 rings (SSSR count). The summed E-state index contributed by atoms with van der Waals surface area (Å²) in [5, 5.41) is 4.53. The summed E-state index contributed by atoms with van der Waals surface area (Å²) < 4.78 is 15.5. The second-order valence-corrected chi connectivity index (χ2v) is 5.70. The molecule has 116 valence electrons. The first-order valence-electron chi connectivity index (χ1n) is 7.56. The Morgan fingerprint density at radius 3 is 2.83 bits per heavy atom. The van der Waals surface area contributed by atoms with E-state index < -0.39 is 0 Å². The van der Waals surface area contributed by atoms with Crippen molar-refractivity contribution in [3.8, 4) is 11.5 Å². The van der Waals surface area contributed by atoms with Gasteiger partial charge in [-0.3, -0.25) is 4.98 Å². The number of fused-ring (bicyclic) bond motifs is 1. The van der Waals surface area contributed by atoms with Gasteiger partial charge in [-0.05, 0) is 42.8 Å². The minimum Gasteiger partial charge on any atom is -0.362 e. The van der Waals surface area contributed by atoms with Gasteiger partial charge in [-0.25, -0.2) is 14.1 Å². The Hall–Kier alpha value is -2.76. The molecule has 0 saturated heterocycles.